The Morgan fingerprint density at radius 2 is 1.91 bits per heavy atom. The summed E-state index contributed by atoms with van der Waals surface area (Å²) in [5, 5.41) is 6.17. The Kier molecular flexibility index (Phi) is 6.08. The lowest BCUT2D eigenvalue weighted by atomic mass is 10.1. The molecule has 2 aromatic heterocycles. The third kappa shape index (κ3) is 4.61. The predicted molar refractivity (Wildman–Crippen MR) is 132 cm³/mol. The number of aromatic amines is 1. The molecular weight excluding hydrogens is 416 g/mol. The number of pyridine rings is 1. The molecule has 0 spiro atoms. The van der Waals surface area contributed by atoms with Gasteiger partial charge in [-0.3, -0.25) is 14.7 Å². The number of rotatable bonds is 7. The number of fused-ring (bicyclic) bond motifs is 2. The molecule has 0 atom stereocenters. The van der Waals surface area contributed by atoms with Crippen molar-refractivity contribution in [1.29, 1.82) is 0 Å². The summed E-state index contributed by atoms with van der Waals surface area (Å²) in [5.74, 6) is 2.41. The summed E-state index contributed by atoms with van der Waals surface area (Å²) in [4.78, 5) is 29.0. The van der Waals surface area contributed by atoms with Gasteiger partial charge in [0.05, 0.1) is 18.0 Å². The van der Waals surface area contributed by atoms with E-state index in [0.29, 0.717) is 16.9 Å². The lowest BCUT2D eigenvalue weighted by Crippen LogP contribution is -2.47. The Hall–Kier alpha value is -3.65. The largest absolute Gasteiger partial charge is 0.497 e. The molecule has 33 heavy (non-hydrogen) atoms. The van der Waals surface area contributed by atoms with E-state index in [1.165, 1.54) is 5.39 Å². The van der Waals surface area contributed by atoms with Gasteiger partial charge in [0.2, 0.25) is 5.95 Å². The van der Waals surface area contributed by atoms with Crippen molar-refractivity contribution < 1.29 is 4.74 Å². The summed E-state index contributed by atoms with van der Waals surface area (Å²) < 4.78 is 5.41. The first-order chi connectivity index (χ1) is 16.2. The number of H-pyrrole nitrogens is 1. The predicted octanol–water partition coefficient (Wildman–Crippen LogP) is 3.10. The van der Waals surface area contributed by atoms with E-state index in [1.54, 1.807) is 13.2 Å². The zero-order chi connectivity index (χ0) is 22.6. The molecule has 0 amide bonds. The number of methoxy groups -OCH3 is 1. The monoisotopic (exact) mass is 444 g/mol. The Labute approximate surface area is 192 Å². The molecule has 0 saturated carbocycles. The van der Waals surface area contributed by atoms with Crippen molar-refractivity contribution >= 4 is 33.4 Å². The molecule has 2 N–H and O–H groups in total. The van der Waals surface area contributed by atoms with Crippen molar-refractivity contribution in [2.75, 3.05) is 56.6 Å². The topological polar surface area (TPSA) is 86.4 Å². The zero-order valence-corrected chi connectivity index (χ0v) is 18.8. The van der Waals surface area contributed by atoms with Crippen molar-refractivity contribution in [2.24, 2.45) is 0 Å². The van der Waals surface area contributed by atoms with Crippen LogP contribution in [0.1, 0.15) is 6.42 Å². The summed E-state index contributed by atoms with van der Waals surface area (Å²) in [6.07, 6.45) is 2.85. The molecule has 0 aliphatic carbocycles. The first kappa shape index (κ1) is 21.2. The number of hydrogen-bond acceptors (Lipinski definition) is 7. The van der Waals surface area contributed by atoms with Crippen LogP contribution in [0, 0.1) is 0 Å². The third-order valence-electron chi connectivity index (χ3n) is 6.18. The van der Waals surface area contributed by atoms with E-state index < -0.39 is 0 Å². The van der Waals surface area contributed by atoms with Crippen LogP contribution in [0.5, 0.6) is 5.75 Å². The van der Waals surface area contributed by atoms with Crippen molar-refractivity contribution in [3.8, 4) is 5.75 Å². The lowest BCUT2D eigenvalue weighted by molar-refractivity contribution is 0.257. The van der Waals surface area contributed by atoms with Gasteiger partial charge in [-0.25, -0.2) is 9.97 Å². The Balaban J connectivity index is 1.14. The van der Waals surface area contributed by atoms with Gasteiger partial charge in [-0.1, -0.05) is 18.2 Å². The number of anilines is 2. The second-order valence-electron chi connectivity index (χ2n) is 8.26. The fourth-order valence-electron chi connectivity index (χ4n) is 4.37. The van der Waals surface area contributed by atoms with Gasteiger partial charge in [-0.05, 0) is 48.7 Å². The van der Waals surface area contributed by atoms with E-state index in [9.17, 15) is 4.79 Å². The summed E-state index contributed by atoms with van der Waals surface area (Å²) >= 11 is 0. The van der Waals surface area contributed by atoms with Gasteiger partial charge in [-0.15, -0.1) is 0 Å². The minimum absolute atomic E-state index is 0.112. The van der Waals surface area contributed by atoms with E-state index in [0.717, 1.165) is 62.6 Å². The Morgan fingerprint density at radius 3 is 2.76 bits per heavy atom. The molecule has 170 valence electrons. The van der Waals surface area contributed by atoms with Crippen LogP contribution in [0.2, 0.25) is 0 Å². The molecule has 4 aromatic rings. The number of aromatic nitrogens is 3. The van der Waals surface area contributed by atoms with Crippen LogP contribution in [-0.4, -0.2) is 66.2 Å². The molecule has 8 nitrogen and oxygen atoms in total. The summed E-state index contributed by atoms with van der Waals surface area (Å²) in [7, 11) is 1.69. The van der Waals surface area contributed by atoms with E-state index in [1.807, 2.05) is 36.5 Å². The van der Waals surface area contributed by atoms with Crippen molar-refractivity contribution in [3.05, 3.63) is 65.1 Å². The highest BCUT2D eigenvalue weighted by molar-refractivity contribution is 5.93. The van der Waals surface area contributed by atoms with Crippen LogP contribution in [0.25, 0.3) is 21.7 Å². The molecule has 0 unspecified atom stereocenters. The highest BCUT2D eigenvalue weighted by Crippen LogP contribution is 2.28. The van der Waals surface area contributed by atoms with Crippen LogP contribution < -0.4 is 20.5 Å². The number of hydrogen-bond donors (Lipinski definition) is 2. The third-order valence-corrected chi connectivity index (χ3v) is 6.18. The summed E-state index contributed by atoms with van der Waals surface area (Å²) in [6, 6.07) is 15.6. The van der Waals surface area contributed by atoms with E-state index in [-0.39, 0.29) is 5.56 Å². The van der Waals surface area contributed by atoms with Crippen LogP contribution >= 0.6 is 0 Å². The van der Waals surface area contributed by atoms with Gasteiger partial charge in [-0.2, -0.15) is 0 Å². The van der Waals surface area contributed by atoms with E-state index in [2.05, 4.69) is 42.2 Å². The minimum Gasteiger partial charge on any atom is -0.497 e. The highest BCUT2D eigenvalue weighted by Gasteiger charge is 2.19. The Morgan fingerprint density at radius 1 is 1.06 bits per heavy atom. The first-order valence-electron chi connectivity index (χ1n) is 11.3. The van der Waals surface area contributed by atoms with Crippen molar-refractivity contribution in [1.82, 2.24) is 19.9 Å². The SMILES string of the molecule is COc1ccc2ccnc(N3CCN(CCCNc4nc5ccccc5c(=O)[nH]4)CC3)c2c1. The minimum atomic E-state index is -0.112. The maximum absolute atomic E-state index is 12.2. The standard InChI is InChI=1S/C25H28N6O2/c1-33-19-8-7-18-9-11-26-23(21(18)17-19)31-15-13-30(14-16-31)12-4-10-27-25-28-22-6-3-2-5-20(22)24(32)29-25/h2-3,5-9,11,17H,4,10,12-16H2,1H3,(H2,27,28,29,32). The lowest BCUT2D eigenvalue weighted by Gasteiger charge is -2.35. The van der Waals surface area contributed by atoms with Crippen molar-refractivity contribution in [3.63, 3.8) is 0 Å². The van der Waals surface area contributed by atoms with Crippen molar-refractivity contribution in [2.45, 2.75) is 6.42 Å². The van der Waals surface area contributed by atoms with Crippen LogP contribution in [0.15, 0.2) is 59.5 Å². The maximum atomic E-state index is 12.2. The van der Waals surface area contributed by atoms with Gasteiger partial charge in [0.15, 0.2) is 0 Å². The summed E-state index contributed by atoms with van der Waals surface area (Å²) in [6.45, 7) is 5.62. The number of para-hydroxylation sites is 1. The van der Waals surface area contributed by atoms with Crippen LogP contribution in [-0.2, 0) is 0 Å². The maximum Gasteiger partial charge on any atom is 0.260 e. The molecule has 3 heterocycles. The molecule has 1 saturated heterocycles. The van der Waals surface area contributed by atoms with Gasteiger partial charge >= 0.3 is 0 Å². The normalized spacial score (nSPS) is 14.6. The molecule has 0 bridgehead atoms. The quantitative estimate of drug-likeness (QED) is 0.424. The fourth-order valence-corrected chi connectivity index (χ4v) is 4.37. The highest BCUT2D eigenvalue weighted by atomic mass is 16.5. The molecule has 1 aliphatic heterocycles. The molecular formula is C25H28N6O2. The van der Waals surface area contributed by atoms with Gasteiger partial charge in [0.25, 0.3) is 5.56 Å². The second-order valence-corrected chi connectivity index (χ2v) is 8.26. The Bertz CT molecular complexity index is 1310. The average molecular weight is 445 g/mol. The zero-order valence-electron chi connectivity index (χ0n) is 18.8. The van der Waals surface area contributed by atoms with Gasteiger partial charge < -0.3 is 15.0 Å². The van der Waals surface area contributed by atoms with Crippen LogP contribution in [0.4, 0.5) is 11.8 Å². The first-order valence-corrected chi connectivity index (χ1v) is 11.3. The molecule has 0 radical (unpaired) electrons. The number of nitrogens with one attached hydrogen (secondary N) is 2. The molecule has 1 fully saturated rings. The molecule has 8 heteroatoms. The fraction of sp³-hybridized carbons (Fsp3) is 0.320. The van der Waals surface area contributed by atoms with Crippen LogP contribution in [0.3, 0.4) is 0 Å². The van der Waals surface area contributed by atoms with E-state index >= 15 is 0 Å². The van der Waals surface area contributed by atoms with Gasteiger partial charge in [0.1, 0.15) is 11.6 Å². The smallest absolute Gasteiger partial charge is 0.260 e. The number of ether oxygens (including phenoxy) is 1. The summed E-state index contributed by atoms with van der Waals surface area (Å²) in [5.41, 5.74) is 0.596. The van der Waals surface area contributed by atoms with Gasteiger partial charge in [0, 0.05) is 44.3 Å². The number of piperazine rings is 1. The number of nitrogens with zero attached hydrogens (tertiary/aromatic N) is 4. The molecule has 2 aromatic carbocycles. The average Bonchev–Trinajstić information content (AvgIpc) is 2.86. The second kappa shape index (κ2) is 9.46. The molecule has 5 rings (SSSR count). The molecule has 1 aliphatic rings. The van der Waals surface area contributed by atoms with E-state index in [4.69, 9.17) is 4.74 Å². The number of benzene rings is 2.